The molecule has 0 fully saturated rings. The van der Waals surface area contributed by atoms with Crippen LogP contribution in [-0.2, 0) is 0 Å². The van der Waals surface area contributed by atoms with Crippen LogP contribution in [0.15, 0.2) is 82.4 Å². The van der Waals surface area contributed by atoms with Crippen LogP contribution in [0.4, 0.5) is 17.1 Å². The molecule has 0 aromatic heterocycles. The van der Waals surface area contributed by atoms with Crippen molar-refractivity contribution in [2.45, 2.75) is 32.9 Å². The Labute approximate surface area is 187 Å². The number of hydrogen-bond donors (Lipinski definition) is 3. The lowest BCUT2D eigenvalue weighted by Gasteiger charge is -2.26. The molecule has 0 bridgehead atoms. The quantitative estimate of drug-likeness (QED) is 0.375. The first kappa shape index (κ1) is 21.5. The number of anilines is 3. The third kappa shape index (κ3) is 4.20. The Hall–Kier alpha value is -3.70. The summed E-state index contributed by atoms with van der Waals surface area (Å²) in [4.78, 5) is 23.3. The molecule has 4 aromatic rings. The van der Waals surface area contributed by atoms with Crippen LogP contribution in [0, 0.1) is 13.8 Å². The highest BCUT2D eigenvalue weighted by Crippen LogP contribution is 2.30. The molecule has 0 saturated carbocycles. The van der Waals surface area contributed by atoms with Crippen molar-refractivity contribution in [1.82, 2.24) is 5.32 Å². The van der Waals surface area contributed by atoms with Gasteiger partial charge in [0.15, 0.2) is 0 Å². The van der Waals surface area contributed by atoms with Crippen LogP contribution in [0.3, 0.4) is 0 Å². The number of aryl methyl sites for hydroxylation is 2. The normalized spacial score (nSPS) is 13.1. The summed E-state index contributed by atoms with van der Waals surface area (Å²) in [5.74, 6) is 0. The topological polar surface area (TPSA) is 84.2 Å². The summed E-state index contributed by atoms with van der Waals surface area (Å²) in [6, 6.07) is 24.7. The van der Waals surface area contributed by atoms with Crippen LogP contribution in [-0.4, -0.2) is 0 Å². The van der Waals surface area contributed by atoms with Crippen molar-refractivity contribution < 1.29 is 0 Å². The van der Waals surface area contributed by atoms with Crippen molar-refractivity contribution in [2.75, 3.05) is 11.1 Å². The predicted octanol–water partition coefficient (Wildman–Crippen LogP) is 4.67. The third-order valence-corrected chi connectivity index (χ3v) is 6.02. The first-order chi connectivity index (χ1) is 15.3. The number of rotatable bonds is 7. The van der Waals surface area contributed by atoms with Crippen LogP contribution < -0.4 is 27.2 Å². The highest BCUT2D eigenvalue weighted by Gasteiger charge is 2.21. The first-order valence-electron chi connectivity index (χ1n) is 10.7. The van der Waals surface area contributed by atoms with Gasteiger partial charge in [0.25, 0.3) is 10.9 Å². The summed E-state index contributed by atoms with van der Waals surface area (Å²) in [7, 11) is 0. The first-order valence-corrected chi connectivity index (χ1v) is 10.7. The summed E-state index contributed by atoms with van der Waals surface area (Å²) >= 11 is 0. The molecule has 1 unspecified atom stereocenters. The van der Waals surface area contributed by atoms with Crippen molar-refractivity contribution in [2.24, 2.45) is 0 Å². The average molecular weight is 426 g/mol. The van der Waals surface area contributed by atoms with Crippen LogP contribution in [0.1, 0.15) is 46.8 Å². The molecule has 162 valence electrons. The highest BCUT2D eigenvalue weighted by atomic mass is 16.2. The molecule has 0 aliphatic heterocycles. The van der Waals surface area contributed by atoms with Crippen molar-refractivity contribution in [1.29, 1.82) is 0 Å². The van der Waals surface area contributed by atoms with E-state index >= 15 is 0 Å². The fraction of sp³-hybridized carbons (Fsp3) is 0.185. The van der Waals surface area contributed by atoms with E-state index in [1.807, 2.05) is 36.4 Å². The average Bonchev–Trinajstić information content (AvgIpc) is 2.82. The van der Waals surface area contributed by atoms with Gasteiger partial charge in [-0.1, -0.05) is 60.7 Å². The van der Waals surface area contributed by atoms with Crippen LogP contribution >= 0.6 is 0 Å². The summed E-state index contributed by atoms with van der Waals surface area (Å²) in [5.41, 5.74) is 11.2. The Morgan fingerprint density at radius 1 is 0.750 bits per heavy atom. The molecule has 5 heteroatoms. The van der Waals surface area contributed by atoms with E-state index in [0.717, 1.165) is 11.1 Å². The molecule has 5 nitrogen and oxygen atoms in total. The minimum absolute atomic E-state index is 0.0121. The third-order valence-electron chi connectivity index (χ3n) is 6.02. The second-order valence-electron chi connectivity index (χ2n) is 8.27. The maximum atomic E-state index is 11.8. The van der Waals surface area contributed by atoms with Gasteiger partial charge >= 0.3 is 0 Å². The van der Waals surface area contributed by atoms with Gasteiger partial charge in [-0.15, -0.1) is 0 Å². The van der Waals surface area contributed by atoms with E-state index in [0.29, 0.717) is 5.69 Å². The Morgan fingerprint density at radius 3 is 2.12 bits per heavy atom. The molecule has 2 atom stereocenters. The molecule has 0 saturated heterocycles. The molecular formula is C27H27N3O2. The number of nitrogens with one attached hydrogen (secondary N) is 2. The lowest BCUT2D eigenvalue weighted by Crippen LogP contribution is -2.36. The summed E-state index contributed by atoms with van der Waals surface area (Å²) in [5, 5.41) is 6.78. The Balaban J connectivity index is 1.70. The molecular weight excluding hydrogens is 398 g/mol. The lowest BCUT2D eigenvalue weighted by atomic mass is 9.94. The zero-order chi connectivity index (χ0) is 22.8. The fourth-order valence-electron chi connectivity index (χ4n) is 3.89. The molecule has 4 rings (SSSR count). The van der Waals surface area contributed by atoms with Crippen molar-refractivity contribution in [3.05, 3.63) is 121 Å². The molecule has 0 spiro atoms. The molecule has 32 heavy (non-hydrogen) atoms. The number of nitrogen functional groups attached to an aromatic ring is 1. The predicted molar refractivity (Wildman–Crippen MR) is 131 cm³/mol. The van der Waals surface area contributed by atoms with E-state index in [9.17, 15) is 9.59 Å². The second kappa shape index (κ2) is 8.81. The summed E-state index contributed by atoms with van der Waals surface area (Å²) < 4.78 is 0. The molecule has 0 heterocycles. The van der Waals surface area contributed by atoms with E-state index in [1.165, 1.54) is 16.7 Å². The van der Waals surface area contributed by atoms with E-state index in [-0.39, 0.29) is 23.5 Å². The van der Waals surface area contributed by atoms with E-state index in [4.69, 9.17) is 5.73 Å². The van der Waals surface area contributed by atoms with E-state index in [2.05, 4.69) is 67.8 Å². The molecule has 0 amide bonds. The monoisotopic (exact) mass is 425 g/mol. The molecule has 0 radical (unpaired) electrons. The number of benzene rings is 3. The van der Waals surface area contributed by atoms with Gasteiger partial charge in [-0.25, -0.2) is 0 Å². The van der Waals surface area contributed by atoms with Gasteiger partial charge in [0, 0.05) is 11.7 Å². The summed E-state index contributed by atoms with van der Waals surface area (Å²) in [6.45, 7) is 6.37. The van der Waals surface area contributed by atoms with Crippen molar-refractivity contribution in [3.8, 4) is 0 Å². The minimum atomic E-state index is -0.630. The largest absolute Gasteiger partial charge is 0.394 e. The SMILES string of the molecule is Cc1ccc(C(N[C@@H](C)c2ccccc2)c2cccc(Nc3c(N)c(=O)c3=O)c2)cc1C. The van der Waals surface area contributed by atoms with Crippen LogP contribution in [0.25, 0.3) is 0 Å². The number of hydrogen-bond acceptors (Lipinski definition) is 5. The van der Waals surface area contributed by atoms with Gasteiger partial charge in [0.2, 0.25) is 0 Å². The Morgan fingerprint density at radius 2 is 1.44 bits per heavy atom. The molecule has 4 aromatic carbocycles. The van der Waals surface area contributed by atoms with Crippen LogP contribution in [0.2, 0.25) is 0 Å². The van der Waals surface area contributed by atoms with E-state index in [1.54, 1.807) is 0 Å². The maximum absolute atomic E-state index is 11.8. The Kier molecular flexibility index (Phi) is 5.93. The standard InChI is InChI=1S/C27H27N3O2/c1-16-12-13-21(14-17(16)2)24(29-18(3)19-8-5-4-6-9-19)20-10-7-11-22(15-20)30-25-23(28)26(31)27(25)32/h4-15,18,24,29-30H,28H2,1-3H3/t18-,24?/m0/s1. The molecule has 0 aliphatic carbocycles. The molecule has 0 aliphatic rings. The van der Waals surface area contributed by atoms with Gasteiger partial charge in [-0.2, -0.15) is 0 Å². The lowest BCUT2D eigenvalue weighted by molar-refractivity contribution is 0.516. The minimum Gasteiger partial charge on any atom is -0.394 e. The second-order valence-corrected chi connectivity index (χ2v) is 8.27. The zero-order valence-corrected chi connectivity index (χ0v) is 18.5. The maximum Gasteiger partial charge on any atom is 0.253 e. The van der Waals surface area contributed by atoms with Crippen molar-refractivity contribution in [3.63, 3.8) is 0 Å². The number of nitrogens with two attached hydrogens (primary N) is 1. The van der Waals surface area contributed by atoms with Gasteiger partial charge in [0.05, 0.1) is 6.04 Å². The highest BCUT2D eigenvalue weighted by molar-refractivity contribution is 5.76. The van der Waals surface area contributed by atoms with Crippen molar-refractivity contribution >= 4 is 17.1 Å². The zero-order valence-electron chi connectivity index (χ0n) is 18.5. The molecule has 4 N–H and O–H groups in total. The summed E-state index contributed by atoms with van der Waals surface area (Å²) in [6.07, 6.45) is 0. The van der Waals surface area contributed by atoms with Gasteiger partial charge in [-0.3, -0.25) is 14.9 Å². The van der Waals surface area contributed by atoms with Crippen LogP contribution in [0.5, 0.6) is 0 Å². The van der Waals surface area contributed by atoms with E-state index < -0.39 is 10.9 Å². The fourth-order valence-corrected chi connectivity index (χ4v) is 3.89. The van der Waals surface area contributed by atoms with Gasteiger partial charge in [-0.05, 0) is 60.7 Å². The Bertz CT molecular complexity index is 1320. The smallest absolute Gasteiger partial charge is 0.253 e. The van der Waals surface area contributed by atoms with Gasteiger partial charge in [0.1, 0.15) is 11.4 Å². The van der Waals surface area contributed by atoms with Gasteiger partial charge < -0.3 is 11.1 Å².